The summed E-state index contributed by atoms with van der Waals surface area (Å²) in [4.78, 5) is 27.4. The monoisotopic (exact) mass is 512 g/mol. The maximum atomic E-state index is 13.8. The first-order valence-corrected chi connectivity index (χ1v) is 14.1. The van der Waals surface area contributed by atoms with Gasteiger partial charge in [-0.25, -0.2) is 0 Å². The highest BCUT2D eigenvalue weighted by Crippen LogP contribution is 2.51. The van der Waals surface area contributed by atoms with Gasteiger partial charge in [-0.05, 0) is 67.6 Å². The molecule has 1 saturated heterocycles. The van der Waals surface area contributed by atoms with Gasteiger partial charge >= 0.3 is 7.12 Å². The summed E-state index contributed by atoms with van der Waals surface area (Å²) in [5, 5.41) is 20.7. The van der Waals surface area contributed by atoms with Crippen LogP contribution in [0.2, 0.25) is 6.32 Å². The van der Waals surface area contributed by atoms with Crippen molar-refractivity contribution in [3.05, 3.63) is 81.9 Å². The molecule has 1 fully saturated rings. The molecule has 4 atom stereocenters. The fraction of sp³-hybridized carbons (Fsp3) is 0.438. The zero-order valence-electron chi connectivity index (χ0n) is 22.4. The predicted molar refractivity (Wildman–Crippen MR) is 150 cm³/mol. The largest absolute Gasteiger partial charge is 0.508 e. The van der Waals surface area contributed by atoms with Crippen molar-refractivity contribution in [3.8, 4) is 5.75 Å². The minimum Gasteiger partial charge on any atom is -0.508 e. The van der Waals surface area contributed by atoms with Gasteiger partial charge in [0.15, 0.2) is 11.6 Å². The molecule has 0 saturated carbocycles. The number of benzene rings is 2. The van der Waals surface area contributed by atoms with Gasteiger partial charge in [-0.2, -0.15) is 0 Å². The van der Waals surface area contributed by atoms with Crippen molar-refractivity contribution in [1.82, 2.24) is 0 Å². The van der Waals surface area contributed by atoms with Gasteiger partial charge in [0.2, 0.25) is 0 Å². The molecule has 3 aliphatic rings. The molecule has 1 heterocycles. The van der Waals surface area contributed by atoms with E-state index in [0.717, 1.165) is 43.2 Å². The Morgan fingerprint density at radius 1 is 1.00 bits per heavy atom. The molecular weight excluding hydrogens is 475 g/mol. The van der Waals surface area contributed by atoms with E-state index in [1.807, 2.05) is 24.3 Å². The lowest BCUT2D eigenvalue weighted by atomic mass is 9.54. The third kappa shape index (κ3) is 5.17. The lowest BCUT2D eigenvalue weighted by molar-refractivity contribution is 0.0598. The summed E-state index contributed by atoms with van der Waals surface area (Å²) in [5.74, 6) is -0.637. The molecule has 2 N–H and O–H groups in total. The van der Waals surface area contributed by atoms with E-state index in [4.69, 9.17) is 4.65 Å². The van der Waals surface area contributed by atoms with E-state index in [1.54, 1.807) is 24.3 Å². The number of carbonyl (C=O) groups is 2. The third-order valence-corrected chi connectivity index (χ3v) is 8.45. The Bertz CT molecular complexity index is 1280. The van der Waals surface area contributed by atoms with Crippen molar-refractivity contribution >= 4 is 24.8 Å². The van der Waals surface area contributed by atoms with Gasteiger partial charge in [-0.3, -0.25) is 9.59 Å². The Labute approximate surface area is 225 Å². The Hall–Kier alpha value is -2.96. The molecular formula is C32H37BO5. The van der Waals surface area contributed by atoms with Crippen molar-refractivity contribution in [2.75, 3.05) is 0 Å². The summed E-state index contributed by atoms with van der Waals surface area (Å²) in [6.45, 7) is 4.29. The average Bonchev–Trinajstić information content (AvgIpc) is 2.90. The molecule has 1 aliphatic heterocycles. The van der Waals surface area contributed by atoms with E-state index < -0.39 is 13.0 Å². The molecule has 0 amide bonds. The fourth-order valence-electron chi connectivity index (χ4n) is 6.96. The number of fused-ring (bicyclic) bond motifs is 4. The SMILES string of the molecule is CCCC1=C2[C@@H](CC/C(=C/c3cccc(O)c3)CCC)OB(O)C[C@@H]2[C@@H]2C(=O)c3ccccc3C(=O)[C@@H]2C1. The highest BCUT2D eigenvalue weighted by Gasteiger charge is 2.53. The van der Waals surface area contributed by atoms with Crippen LogP contribution < -0.4 is 0 Å². The zero-order valence-corrected chi connectivity index (χ0v) is 22.4. The first-order chi connectivity index (χ1) is 18.4. The molecule has 5 rings (SSSR count). The number of Topliss-reactive ketones (excluding diaryl/α,β-unsaturated/α-hetero) is 2. The number of hydrogen-bond acceptors (Lipinski definition) is 5. The van der Waals surface area contributed by atoms with Crippen LogP contribution in [0, 0.1) is 17.8 Å². The molecule has 0 radical (unpaired) electrons. The van der Waals surface area contributed by atoms with Crippen molar-refractivity contribution in [1.29, 1.82) is 0 Å². The molecule has 0 aromatic heterocycles. The summed E-state index contributed by atoms with van der Waals surface area (Å²) in [6, 6.07) is 14.5. The Kier molecular flexibility index (Phi) is 8.01. The van der Waals surface area contributed by atoms with Crippen LogP contribution in [0.5, 0.6) is 5.75 Å². The topological polar surface area (TPSA) is 83.8 Å². The zero-order chi connectivity index (χ0) is 26.8. The molecule has 2 aliphatic carbocycles. The first kappa shape index (κ1) is 26.6. The Morgan fingerprint density at radius 3 is 2.47 bits per heavy atom. The van der Waals surface area contributed by atoms with E-state index in [9.17, 15) is 19.7 Å². The van der Waals surface area contributed by atoms with Crippen LogP contribution in [-0.4, -0.2) is 34.9 Å². The van der Waals surface area contributed by atoms with Crippen LogP contribution >= 0.6 is 0 Å². The smallest absolute Gasteiger partial charge is 0.455 e. The van der Waals surface area contributed by atoms with Crippen molar-refractivity contribution < 1.29 is 24.4 Å². The number of allylic oxidation sites excluding steroid dienone is 2. The molecule has 5 nitrogen and oxygen atoms in total. The number of carbonyl (C=O) groups excluding carboxylic acids is 2. The van der Waals surface area contributed by atoms with Crippen LogP contribution in [0.4, 0.5) is 0 Å². The first-order valence-electron chi connectivity index (χ1n) is 14.1. The van der Waals surface area contributed by atoms with E-state index in [2.05, 4.69) is 19.9 Å². The van der Waals surface area contributed by atoms with Crippen LogP contribution in [0.15, 0.2) is 65.3 Å². The number of phenols is 1. The van der Waals surface area contributed by atoms with E-state index in [0.29, 0.717) is 30.3 Å². The molecule has 0 spiro atoms. The molecule has 0 bridgehead atoms. The van der Waals surface area contributed by atoms with E-state index in [-0.39, 0.29) is 35.3 Å². The van der Waals surface area contributed by atoms with Crippen molar-refractivity contribution in [2.24, 2.45) is 17.8 Å². The highest BCUT2D eigenvalue weighted by molar-refractivity contribution is 6.43. The van der Waals surface area contributed by atoms with Crippen LogP contribution in [0.3, 0.4) is 0 Å². The standard InChI is InChI=1S/C32H37BO5/c1-3-8-20(16-21-10-7-11-23(34)17-21)14-15-28-29-22(9-4-2)18-26-30(27(29)19-33(37)38-28)32(36)25-13-6-5-12-24(25)31(26)35/h5-7,10-13,16-17,26-28,30,34,37H,3-4,8-9,14-15,18-19H2,1-2H3/b20-16+/t26-,27+,28-,30-/m1/s1. The van der Waals surface area contributed by atoms with Gasteiger partial charge in [0.05, 0.1) is 6.10 Å². The summed E-state index contributed by atoms with van der Waals surface area (Å²) < 4.78 is 6.18. The lowest BCUT2D eigenvalue weighted by Crippen LogP contribution is -2.50. The third-order valence-electron chi connectivity index (χ3n) is 8.45. The van der Waals surface area contributed by atoms with Gasteiger partial charge < -0.3 is 14.8 Å². The molecule has 2 aromatic carbocycles. The summed E-state index contributed by atoms with van der Waals surface area (Å²) >= 11 is 0. The van der Waals surface area contributed by atoms with Crippen LogP contribution in [-0.2, 0) is 4.65 Å². The highest BCUT2D eigenvalue weighted by atomic mass is 16.5. The van der Waals surface area contributed by atoms with Crippen LogP contribution in [0.1, 0.15) is 85.1 Å². The second kappa shape index (κ2) is 11.4. The van der Waals surface area contributed by atoms with Gasteiger partial charge in [0.1, 0.15) is 5.75 Å². The second-order valence-electron chi connectivity index (χ2n) is 11.0. The maximum absolute atomic E-state index is 13.8. The molecule has 6 heteroatoms. The maximum Gasteiger partial charge on any atom is 0.455 e. The van der Waals surface area contributed by atoms with Crippen LogP contribution in [0.25, 0.3) is 6.08 Å². The minimum atomic E-state index is -0.958. The number of aromatic hydroxyl groups is 1. The minimum absolute atomic E-state index is 0.0338. The lowest BCUT2D eigenvalue weighted by Gasteiger charge is -2.47. The van der Waals surface area contributed by atoms with E-state index >= 15 is 0 Å². The van der Waals surface area contributed by atoms with E-state index in [1.165, 1.54) is 11.1 Å². The Balaban J connectivity index is 1.47. The molecule has 38 heavy (non-hydrogen) atoms. The van der Waals surface area contributed by atoms with Crippen molar-refractivity contribution in [3.63, 3.8) is 0 Å². The quantitative estimate of drug-likeness (QED) is 0.305. The molecule has 2 aromatic rings. The number of ketones is 2. The predicted octanol–water partition coefficient (Wildman–Crippen LogP) is 6.66. The summed E-state index contributed by atoms with van der Waals surface area (Å²) in [5.41, 5.74) is 5.70. The summed E-state index contributed by atoms with van der Waals surface area (Å²) in [6.07, 6.45) is 8.06. The Morgan fingerprint density at radius 2 is 1.76 bits per heavy atom. The van der Waals surface area contributed by atoms with Gasteiger partial charge in [-0.15, -0.1) is 0 Å². The van der Waals surface area contributed by atoms with Gasteiger partial charge in [-0.1, -0.05) is 80.3 Å². The van der Waals surface area contributed by atoms with Gasteiger partial charge in [0, 0.05) is 23.0 Å². The molecule has 0 unspecified atom stereocenters. The summed E-state index contributed by atoms with van der Waals surface area (Å²) in [7, 11) is -0.958. The second-order valence-corrected chi connectivity index (χ2v) is 11.0. The molecule has 198 valence electrons. The van der Waals surface area contributed by atoms with Gasteiger partial charge in [0.25, 0.3) is 0 Å². The normalized spacial score (nSPS) is 25.2. The van der Waals surface area contributed by atoms with Crippen molar-refractivity contribution in [2.45, 2.75) is 71.2 Å². The number of hydrogen-bond donors (Lipinski definition) is 2. The number of phenolic OH excluding ortho intramolecular Hbond substituents is 1. The fourth-order valence-corrected chi connectivity index (χ4v) is 6.96. The average molecular weight is 512 g/mol. The number of rotatable bonds is 8.